The summed E-state index contributed by atoms with van der Waals surface area (Å²) in [5.74, 6) is 0. The highest BCUT2D eigenvalue weighted by atomic mass is 16.5. The highest BCUT2D eigenvalue weighted by Gasteiger charge is 2.51. The quantitative estimate of drug-likeness (QED) is 0.585. The molecule has 1 aliphatic carbocycles. The van der Waals surface area contributed by atoms with Crippen molar-refractivity contribution in [1.82, 2.24) is 20.2 Å². The van der Waals surface area contributed by atoms with Crippen molar-refractivity contribution in [1.29, 1.82) is 0 Å². The molecule has 3 heterocycles. The van der Waals surface area contributed by atoms with Crippen LogP contribution in [0.1, 0.15) is 45.4 Å². The van der Waals surface area contributed by atoms with E-state index in [1.165, 1.54) is 45.3 Å². The fourth-order valence-electron chi connectivity index (χ4n) is 4.53. The number of hydrogen-bond donors (Lipinski definition) is 2. The third-order valence-corrected chi connectivity index (χ3v) is 5.82. The smallest absolute Gasteiger partial charge is 0.344 e. The molecule has 3 amide bonds. The van der Waals surface area contributed by atoms with Crippen LogP contribution in [0.4, 0.5) is 4.79 Å². The van der Waals surface area contributed by atoms with Gasteiger partial charge in [-0.2, -0.15) is 0 Å². The standard InChI is InChI=1S/C11H20N2O.C6H10N2O2/c1-2-3-4-13-7-11(8-13)5-10(6-11)12-9-14;9-6-7-3-1-2-5(4-7)8(6)10/h9-10H,2-8H2,1H3,(H,12,14);5,10H,1-4H2/t;5-/m.1/s1. The van der Waals surface area contributed by atoms with Crippen LogP contribution < -0.4 is 5.32 Å². The molecule has 24 heavy (non-hydrogen) atoms. The van der Waals surface area contributed by atoms with Crippen LogP contribution in [0.5, 0.6) is 0 Å². The maximum atomic E-state index is 11.0. The van der Waals surface area contributed by atoms with E-state index in [0.29, 0.717) is 11.5 Å². The number of carbonyl (C=O) groups excluding carboxylic acids is 2. The SMILES string of the molecule is CCCCN1CC2(CC(NC=O)C2)C1.O=C1N2CCC[C@H](C2)N1O. The molecule has 136 valence electrons. The van der Waals surface area contributed by atoms with Gasteiger partial charge in [-0.05, 0) is 44.1 Å². The second-order valence-electron chi connectivity index (χ2n) is 7.82. The first-order valence-electron chi connectivity index (χ1n) is 9.26. The summed E-state index contributed by atoms with van der Waals surface area (Å²) in [5, 5.41) is 12.8. The average molecular weight is 338 g/mol. The first-order chi connectivity index (χ1) is 11.6. The zero-order chi connectivity index (χ0) is 17.2. The topological polar surface area (TPSA) is 76.1 Å². The first-order valence-corrected chi connectivity index (χ1v) is 9.26. The van der Waals surface area contributed by atoms with E-state index in [-0.39, 0.29) is 12.1 Å². The van der Waals surface area contributed by atoms with E-state index in [1.807, 2.05) is 0 Å². The lowest BCUT2D eigenvalue weighted by atomic mass is 9.60. The molecule has 3 aliphatic heterocycles. The fraction of sp³-hybridized carbons (Fsp3) is 0.882. The molecule has 7 heteroatoms. The molecule has 0 aromatic carbocycles. The second-order valence-corrected chi connectivity index (χ2v) is 7.82. The van der Waals surface area contributed by atoms with E-state index < -0.39 is 0 Å². The van der Waals surface area contributed by atoms with Crippen LogP contribution >= 0.6 is 0 Å². The van der Waals surface area contributed by atoms with Crippen LogP contribution in [0.3, 0.4) is 0 Å². The summed E-state index contributed by atoms with van der Waals surface area (Å²) >= 11 is 0. The van der Waals surface area contributed by atoms with Gasteiger partial charge in [-0.25, -0.2) is 9.86 Å². The fourth-order valence-corrected chi connectivity index (χ4v) is 4.53. The Kier molecular flexibility index (Phi) is 5.30. The highest BCUT2D eigenvalue weighted by molar-refractivity contribution is 5.76. The Morgan fingerprint density at radius 1 is 1.38 bits per heavy atom. The van der Waals surface area contributed by atoms with Crippen molar-refractivity contribution in [3.05, 3.63) is 0 Å². The third kappa shape index (κ3) is 3.52. The largest absolute Gasteiger partial charge is 0.356 e. The monoisotopic (exact) mass is 338 g/mol. The molecule has 3 saturated heterocycles. The average Bonchev–Trinajstić information content (AvgIpc) is 2.71. The zero-order valence-corrected chi connectivity index (χ0v) is 14.6. The van der Waals surface area contributed by atoms with Gasteiger partial charge in [0.15, 0.2) is 0 Å². The number of urea groups is 1. The van der Waals surface area contributed by atoms with Crippen molar-refractivity contribution in [2.45, 2.75) is 57.5 Å². The van der Waals surface area contributed by atoms with Crippen molar-refractivity contribution in [2.24, 2.45) is 5.41 Å². The molecule has 4 aliphatic rings. The lowest BCUT2D eigenvalue weighted by Crippen LogP contribution is -2.65. The summed E-state index contributed by atoms with van der Waals surface area (Å²) in [4.78, 5) is 25.4. The normalized spacial score (nSPS) is 28.1. The summed E-state index contributed by atoms with van der Waals surface area (Å²) in [5.41, 5.74) is 0.592. The number of unbranched alkanes of at least 4 members (excludes halogenated alkanes) is 1. The minimum absolute atomic E-state index is 0.0706. The van der Waals surface area contributed by atoms with Crippen LogP contribution in [0.15, 0.2) is 0 Å². The summed E-state index contributed by atoms with van der Waals surface area (Å²) in [7, 11) is 0. The second kappa shape index (κ2) is 7.27. The van der Waals surface area contributed by atoms with Crippen molar-refractivity contribution in [2.75, 3.05) is 32.7 Å². The van der Waals surface area contributed by atoms with E-state index in [9.17, 15) is 9.59 Å². The molecule has 1 spiro atoms. The Bertz CT molecular complexity index is 455. The predicted molar refractivity (Wildman–Crippen MR) is 89.6 cm³/mol. The van der Waals surface area contributed by atoms with Gasteiger partial charge in [0.05, 0.1) is 6.04 Å². The van der Waals surface area contributed by atoms with Crippen molar-refractivity contribution >= 4 is 12.4 Å². The van der Waals surface area contributed by atoms with Crippen LogP contribution in [-0.2, 0) is 4.79 Å². The Morgan fingerprint density at radius 2 is 2.12 bits per heavy atom. The van der Waals surface area contributed by atoms with Gasteiger partial charge in [0.2, 0.25) is 6.41 Å². The van der Waals surface area contributed by atoms with Gasteiger partial charge in [-0.15, -0.1) is 0 Å². The Morgan fingerprint density at radius 3 is 2.71 bits per heavy atom. The molecule has 1 atom stereocenters. The highest BCUT2D eigenvalue weighted by Crippen LogP contribution is 2.48. The minimum Gasteiger partial charge on any atom is -0.356 e. The summed E-state index contributed by atoms with van der Waals surface area (Å²) < 4.78 is 0. The van der Waals surface area contributed by atoms with Gasteiger partial charge < -0.3 is 15.1 Å². The number of nitrogens with zero attached hydrogens (tertiary/aromatic N) is 3. The van der Waals surface area contributed by atoms with Crippen molar-refractivity contribution < 1.29 is 14.8 Å². The number of hydrogen-bond acceptors (Lipinski definition) is 4. The summed E-state index contributed by atoms with van der Waals surface area (Å²) in [6.07, 6.45) is 7.82. The van der Waals surface area contributed by atoms with E-state index in [1.54, 1.807) is 4.90 Å². The number of nitrogens with one attached hydrogen (secondary N) is 1. The maximum Gasteiger partial charge on any atom is 0.344 e. The molecular weight excluding hydrogens is 308 g/mol. The van der Waals surface area contributed by atoms with E-state index in [0.717, 1.165) is 37.4 Å². The van der Waals surface area contributed by atoms with E-state index in [2.05, 4.69) is 17.1 Å². The Labute approximate surface area is 143 Å². The van der Waals surface area contributed by atoms with Crippen LogP contribution in [-0.4, -0.2) is 77.3 Å². The predicted octanol–water partition coefficient (Wildman–Crippen LogP) is 1.27. The van der Waals surface area contributed by atoms with Gasteiger partial charge in [-0.1, -0.05) is 13.3 Å². The molecule has 7 nitrogen and oxygen atoms in total. The minimum atomic E-state index is -0.220. The lowest BCUT2D eigenvalue weighted by Gasteiger charge is -2.59. The van der Waals surface area contributed by atoms with Crippen LogP contribution in [0.2, 0.25) is 0 Å². The number of rotatable bonds is 5. The van der Waals surface area contributed by atoms with E-state index >= 15 is 0 Å². The summed E-state index contributed by atoms with van der Waals surface area (Å²) in [6, 6.07) is 0.324. The van der Waals surface area contributed by atoms with Crippen molar-refractivity contribution in [3.8, 4) is 0 Å². The van der Waals surface area contributed by atoms with E-state index in [4.69, 9.17) is 5.21 Å². The molecule has 4 rings (SSSR count). The number of fused-ring (bicyclic) bond motifs is 2. The molecule has 2 bridgehead atoms. The Balaban J connectivity index is 0.000000149. The maximum absolute atomic E-state index is 11.0. The molecule has 4 fully saturated rings. The van der Waals surface area contributed by atoms with Gasteiger partial charge in [0, 0.05) is 32.2 Å². The van der Waals surface area contributed by atoms with Crippen LogP contribution in [0.25, 0.3) is 0 Å². The molecule has 1 saturated carbocycles. The molecule has 0 radical (unpaired) electrons. The number of carbonyl (C=O) groups is 2. The molecular formula is C17H30N4O3. The van der Waals surface area contributed by atoms with Gasteiger partial charge in [0.1, 0.15) is 0 Å². The molecule has 2 N–H and O–H groups in total. The molecule has 0 aromatic heterocycles. The summed E-state index contributed by atoms with van der Waals surface area (Å²) in [6.45, 7) is 7.57. The van der Waals surface area contributed by atoms with Gasteiger partial charge in [0.25, 0.3) is 0 Å². The third-order valence-electron chi connectivity index (χ3n) is 5.82. The number of likely N-dealkylation sites (tertiary alicyclic amines) is 1. The zero-order valence-electron chi connectivity index (χ0n) is 14.6. The lowest BCUT2D eigenvalue weighted by molar-refractivity contribution is -0.115. The number of piperidine rings is 1. The van der Waals surface area contributed by atoms with Crippen LogP contribution in [0, 0.1) is 5.41 Å². The van der Waals surface area contributed by atoms with Gasteiger partial charge >= 0.3 is 6.03 Å². The first kappa shape index (κ1) is 17.5. The number of amides is 3. The Hall–Kier alpha value is -1.34. The van der Waals surface area contributed by atoms with Gasteiger partial charge in [-0.3, -0.25) is 10.0 Å². The number of hydroxylamine groups is 2. The molecule has 0 aromatic rings. The molecule has 0 unspecified atom stereocenters. The van der Waals surface area contributed by atoms with Crippen molar-refractivity contribution in [3.63, 3.8) is 0 Å².